The molecule has 6 heteroatoms. The summed E-state index contributed by atoms with van der Waals surface area (Å²) in [6.45, 7) is 6.07. The number of amides is 1. The first-order chi connectivity index (χ1) is 11.0. The maximum Gasteiger partial charge on any atom is 0.221 e. The van der Waals surface area contributed by atoms with Gasteiger partial charge in [-0.05, 0) is 19.8 Å². The molecule has 6 nitrogen and oxygen atoms in total. The number of rotatable bonds is 5. The quantitative estimate of drug-likeness (QED) is 0.777. The van der Waals surface area contributed by atoms with Gasteiger partial charge in [0, 0.05) is 44.6 Å². The Kier molecular flexibility index (Phi) is 5.26. The Morgan fingerprint density at radius 1 is 1.22 bits per heavy atom. The first kappa shape index (κ1) is 17.1. The predicted molar refractivity (Wildman–Crippen MR) is 86.2 cm³/mol. The van der Waals surface area contributed by atoms with Gasteiger partial charge >= 0.3 is 0 Å². The largest absolute Gasteiger partial charge is 0.385 e. The summed E-state index contributed by atoms with van der Waals surface area (Å²) in [5.74, 6) is 0.0471. The van der Waals surface area contributed by atoms with E-state index >= 15 is 0 Å². The minimum atomic E-state index is -0.919. The van der Waals surface area contributed by atoms with Gasteiger partial charge in [0.1, 0.15) is 5.60 Å². The van der Waals surface area contributed by atoms with Crippen LogP contribution in [0.3, 0.4) is 0 Å². The molecule has 2 N–H and O–H groups in total. The van der Waals surface area contributed by atoms with Crippen LogP contribution < -0.4 is 5.32 Å². The zero-order valence-corrected chi connectivity index (χ0v) is 14.2. The third kappa shape index (κ3) is 3.71. The number of morpholine rings is 1. The molecule has 23 heavy (non-hydrogen) atoms. The van der Waals surface area contributed by atoms with Crippen LogP contribution in [-0.4, -0.2) is 72.6 Å². The maximum atomic E-state index is 12.5. The number of nitrogens with one attached hydrogen (secondary N) is 1. The van der Waals surface area contributed by atoms with Crippen molar-refractivity contribution in [1.29, 1.82) is 0 Å². The van der Waals surface area contributed by atoms with E-state index in [0.29, 0.717) is 19.4 Å². The van der Waals surface area contributed by atoms with Crippen LogP contribution in [0.4, 0.5) is 0 Å². The van der Waals surface area contributed by atoms with Crippen molar-refractivity contribution in [2.24, 2.45) is 0 Å². The Morgan fingerprint density at radius 2 is 1.91 bits per heavy atom. The highest BCUT2D eigenvalue weighted by molar-refractivity contribution is 5.77. The highest BCUT2D eigenvalue weighted by atomic mass is 16.5. The number of carbonyl (C=O) groups excluding carboxylic acids is 1. The zero-order chi connectivity index (χ0) is 16.3. The summed E-state index contributed by atoms with van der Waals surface area (Å²) >= 11 is 0. The lowest BCUT2D eigenvalue weighted by atomic mass is 9.89. The highest BCUT2D eigenvalue weighted by Crippen LogP contribution is 2.38. The molecule has 2 saturated heterocycles. The summed E-state index contributed by atoms with van der Waals surface area (Å²) in [5, 5.41) is 13.5. The van der Waals surface area contributed by atoms with Crippen LogP contribution in [0.15, 0.2) is 0 Å². The van der Waals surface area contributed by atoms with Crippen LogP contribution in [0.1, 0.15) is 45.4 Å². The van der Waals surface area contributed by atoms with Gasteiger partial charge < -0.3 is 19.9 Å². The number of hydrogen-bond acceptors (Lipinski definition) is 5. The van der Waals surface area contributed by atoms with Crippen molar-refractivity contribution in [2.45, 2.75) is 62.7 Å². The molecule has 1 saturated carbocycles. The van der Waals surface area contributed by atoms with Crippen LogP contribution in [0.5, 0.6) is 0 Å². The topological polar surface area (TPSA) is 71.0 Å². The monoisotopic (exact) mass is 326 g/mol. The van der Waals surface area contributed by atoms with Gasteiger partial charge in [-0.15, -0.1) is 0 Å². The molecule has 1 amide bonds. The van der Waals surface area contributed by atoms with Gasteiger partial charge in [0.2, 0.25) is 5.91 Å². The predicted octanol–water partition coefficient (Wildman–Crippen LogP) is 0.678. The van der Waals surface area contributed by atoms with E-state index in [2.05, 4.69) is 10.2 Å². The third-order valence-electron chi connectivity index (χ3n) is 5.96. The summed E-state index contributed by atoms with van der Waals surface area (Å²) in [5.41, 5.74) is -0.925. The number of ether oxygens (including phenoxy) is 2. The van der Waals surface area contributed by atoms with Crippen molar-refractivity contribution >= 4 is 5.91 Å². The summed E-state index contributed by atoms with van der Waals surface area (Å²) in [7, 11) is 0. The molecule has 2 heterocycles. The fraction of sp³-hybridized carbons (Fsp3) is 0.941. The van der Waals surface area contributed by atoms with Gasteiger partial charge in [0.05, 0.1) is 19.3 Å². The summed E-state index contributed by atoms with van der Waals surface area (Å²) in [4.78, 5) is 15.0. The SMILES string of the molecule is C[C@H]1OCC[C@@]1(O)CNC(=O)CC1(N2CCOCC2)CCCC1. The van der Waals surface area contributed by atoms with Gasteiger partial charge in [-0.3, -0.25) is 9.69 Å². The van der Waals surface area contributed by atoms with Gasteiger partial charge in [0.25, 0.3) is 0 Å². The molecule has 2 aliphatic heterocycles. The molecule has 0 bridgehead atoms. The van der Waals surface area contributed by atoms with Crippen molar-refractivity contribution in [3.8, 4) is 0 Å². The molecule has 3 fully saturated rings. The van der Waals surface area contributed by atoms with Crippen LogP contribution in [0, 0.1) is 0 Å². The summed E-state index contributed by atoms with van der Waals surface area (Å²) < 4.78 is 10.9. The first-order valence-electron chi connectivity index (χ1n) is 8.98. The standard InChI is InChI=1S/C17H30N2O4/c1-14-17(21,6-9-23-14)13-18-15(20)12-16(4-2-3-5-16)19-7-10-22-11-8-19/h14,21H,2-13H2,1H3,(H,18,20)/t14-,17-/m1/s1. The second-order valence-electron chi connectivity index (χ2n) is 7.35. The smallest absolute Gasteiger partial charge is 0.221 e. The van der Waals surface area contributed by atoms with Crippen molar-refractivity contribution in [2.75, 3.05) is 39.5 Å². The van der Waals surface area contributed by atoms with E-state index in [0.717, 1.165) is 39.1 Å². The van der Waals surface area contributed by atoms with E-state index in [9.17, 15) is 9.90 Å². The minimum Gasteiger partial charge on any atom is -0.385 e. The number of nitrogens with zero attached hydrogens (tertiary/aromatic N) is 1. The van der Waals surface area contributed by atoms with E-state index in [4.69, 9.17) is 9.47 Å². The Bertz CT molecular complexity index is 419. The second kappa shape index (κ2) is 7.05. The lowest BCUT2D eigenvalue weighted by molar-refractivity contribution is -0.127. The second-order valence-corrected chi connectivity index (χ2v) is 7.35. The number of aliphatic hydroxyl groups is 1. The molecule has 0 unspecified atom stereocenters. The molecule has 2 atom stereocenters. The van der Waals surface area contributed by atoms with Crippen LogP contribution >= 0.6 is 0 Å². The summed E-state index contributed by atoms with van der Waals surface area (Å²) in [6, 6.07) is 0. The van der Waals surface area contributed by atoms with Gasteiger partial charge in [-0.25, -0.2) is 0 Å². The zero-order valence-electron chi connectivity index (χ0n) is 14.2. The van der Waals surface area contributed by atoms with Gasteiger partial charge in [0.15, 0.2) is 0 Å². The Morgan fingerprint density at radius 3 is 2.52 bits per heavy atom. The highest BCUT2D eigenvalue weighted by Gasteiger charge is 2.43. The van der Waals surface area contributed by atoms with Crippen LogP contribution in [0.25, 0.3) is 0 Å². The molecular formula is C17H30N2O4. The van der Waals surface area contributed by atoms with Crippen molar-refractivity contribution in [1.82, 2.24) is 10.2 Å². The molecule has 0 aromatic heterocycles. The van der Waals surface area contributed by atoms with E-state index in [-0.39, 0.29) is 24.1 Å². The Labute approximate surface area is 138 Å². The first-order valence-corrected chi connectivity index (χ1v) is 8.98. The van der Waals surface area contributed by atoms with Gasteiger partial charge in [-0.1, -0.05) is 12.8 Å². The number of hydrogen-bond donors (Lipinski definition) is 2. The molecule has 0 radical (unpaired) electrons. The maximum absolute atomic E-state index is 12.5. The Balaban J connectivity index is 1.56. The molecular weight excluding hydrogens is 296 g/mol. The third-order valence-corrected chi connectivity index (χ3v) is 5.96. The average Bonchev–Trinajstić information content (AvgIpc) is 3.15. The van der Waals surface area contributed by atoms with E-state index < -0.39 is 5.60 Å². The lowest BCUT2D eigenvalue weighted by Crippen LogP contribution is -2.55. The minimum absolute atomic E-state index is 0.00568. The average molecular weight is 326 g/mol. The fourth-order valence-corrected chi connectivity index (χ4v) is 4.29. The van der Waals surface area contributed by atoms with Crippen molar-refractivity contribution in [3.63, 3.8) is 0 Å². The Hall–Kier alpha value is -0.690. The molecule has 3 rings (SSSR count). The lowest BCUT2D eigenvalue weighted by Gasteiger charge is -2.43. The van der Waals surface area contributed by atoms with Gasteiger partial charge in [-0.2, -0.15) is 0 Å². The van der Waals surface area contributed by atoms with E-state index in [1.165, 1.54) is 12.8 Å². The molecule has 1 aliphatic carbocycles. The fourth-order valence-electron chi connectivity index (χ4n) is 4.29. The molecule has 3 aliphatic rings. The molecule has 0 aromatic carbocycles. The van der Waals surface area contributed by atoms with Crippen molar-refractivity contribution < 1.29 is 19.4 Å². The molecule has 0 spiro atoms. The molecule has 132 valence electrons. The van der Waals surface area contributed by atoms with E-state index in [1.54, 1.807) is 0 Å². The van der Waals surface area contributed by atoms with Crippen LogP contribution in [0.2, 0.25) is 0 Å². The van der Waals surface area contributed by atoms with Crippen molar-refractivity contribution in [3.05, 3.63) is 0 Å². The molecule has 0 aromatic rings. The number of carbonyl (C=O) groups is 1. The van der Waals surface area contributed by atoms with E-state index in [1.807, 2.05) is 6.92 Å². The normalized spacial score (nSPS) is 34.6. The van der Waals surface area contributed by atoms with Crippen LogP contribution in [-0.2, 0) is 14.3 Å². The summed E-state index contributed by atoms with van der Waals surface area (Å²) in [6.07, 6.45) is 5.46.